The van der Waals surface area contributed by atoms with Gasteiger partial charge in [0, 0.05) is 48.1 Å². The van der Waals surface area contributed by atoms with E-state index in [1.165, 1.54) is 0 Å². The van der Waals surface area contributed by atoms with Gasteiger partial charge in [0.05, 0.1) is 6.20 Å². The highest BCUT2D eigenvalue weighted by atomic mass is 16.3. The van der Waals surface area contributed by atoms with Crippen LogP contribution in [0.2, 0.25) is 0 Å². The number of aromatic hydroxyl groups is 1. The highest BCUT2D eigenvalue weighted by molar-refractivity contribution is 5.86. The van der Waals surface area contributed by atoms with E-state index in [-0.39, 0.29) is 11.8 Å². The summed E-state index contributed by atoms with van der Waals surface area (Å²) >= 11 is 0. The van der Waals surface area contributed by atoms with Crippen molar-refractivity contribution in [3.63, 3.8) is 0 Å². The number of H-pyrrole nitrogens is 1. The molecule has 30 heavy (non-hydrogen) atoms. The zero-order valence-electron chi connectivity index (χ0n) is 17.8. The number of hydrogen-bond donors (Lipinski definition) is 2. The van der Waals surface area contributed by atoms with Crippen LogP contribution in [0.25, 0.3) is 10.9 Å². The molecule has 4 rings (SSSR count). The Balaban J connectivity index is 1.84. The molecule has 0 aliphatic rings. The van der Waals surface area contributed by atoms with E-state index in [0.29, 0.717) is 5.52 Å². The number of phenolic OH excluding ortho intramolecular Hbond substituents is 1. The van der Waals surface area contributed by atoms with E-state index in [0.717, 1.165) is 39.3 Å². The Morgan fingerprint density at radius 2 is 1.70 bits per heavy atom. The van der Waals surface area contributed by atoms with Crippen LogP contribution in [-0.4, -0.2) is 24.2 Å². The van der Waals surface area contributed by atoms with Crippen molar-refractivity contribution in [2.75, 3.05) is 24.3 Å². The first kappa shape index (κ1) is 19.7. The molecule has 0 unspecified atom stereocenters. The third-order valence-electron chi connectivity index (χ3n) is 5.32. The number of nitrogens with zero attached hydrogens (tertiary/aromatic N) is 2. The molecule has 0 aliphatic carbocycles. The smallest absolute Gasteiger partial charge is 0.273 e. The SMILES string of the molecule is Cc1cc[nH+]c(N[C@H](c2ccc(N(C)C)cc2)c2ccc3ccc(C)nc3c2O)c1. The molecule has 0 saturated heterocycles. The number of aromatic nitrogens is 2. The molecule has 0 aliphatic heterocycles. The molecule has 0 bridgehead atoms. The van der Waals surface area contributed by atoms with Crippen LogP contribution in [0, 0.1) is 13.8 Å². The summed E-state index contributed by atoms with van der Waals surface area (Å²) in [4.78, 5) is 9.91. The maximum absolute atomic E-state index is 11.2. The van der Waals surface area contributed by atoms with E-state index < -0.39 is 0 Å². The van der Waals surface area contributed by atoms with Crippen LogP contribution in [0.15, 0.2) is 66.9 Å². The number of nitrogens with one attached hydrogen (secondary N) is 2. The second-order valence-electron chi connectivity index (χ2n) is 7.87. The molecule has 2 aromatic carbocycles. The highest BCUT2D eigenvalue weighted by Gasteiger charge is 2.24. The minimum absolute atomic E-state index is 0.207. The summed E-state index contributed by atoms with van der Waals surface area (Å²) in [6.45, 7) is 3.99. The number of pyridine rings is 2. The van der Waals surface area contributed by atoms with Gasteiger partial charge in [-0.2, -0.15) is 0 Å². The lowest BCUT2D eigenvalue weighted by Crippen LogP contribution is -2.19. The molecule has 5 nitrogen and oxygen atoms in total. The van der Waals surface area contributed by atoms with E-state index in [4.69, 9.17) is 0 Å². The van der Waals surface area contributed by atoms with Gasteiger partial charge in [0.25, 0.3) is 5.82 Å². The Morgan fingerprint density at radius 1 is 0.967 bits per heavy atom. The summed E-state index contributed by atoms with van der Waals surface area (Å²) in [5.41, 5.74) is 5.61. The molecular weight excluding hydrogens is 372 g/mol. The Kier molecular flexibility index (Phi) is 5.27. The second-order valence-corrected chi connectivity index (χ2v) is 7.87. The van der Waals surface area contributed by atoms with Gasteiger partial charge in [0.1, 0.15) is 17.3 Å². The Labute approximate surface area is 177 Å². The van der Waals surface area contributed by atoms with E-state index >= 15 is 0 Å². The molecular formula is C25H27N4O+. The van der Waals surface area contributed by atoms with Crippen molar-refractivity contribution in [2.45, 2.75) is 19.9 Å². The molecule has 3 N–H and O–H groups in total. The van der Waals surface area contributed by atoms with Crippen molar-refractivity contribution in [2.24, 2.45) is 0 Å². The van der Waals surface area contributed by atoms with Crippen LogP contribution < -0.4 is 15.2 Å². The maximum Gasteiger partial charge on any atom is 0.273 e. The fourth-order valence-electron chi connectivity index (χ4n) is 3.64. The van der Waals surface area contributed by atoms with Crippen LogP contribution in [0.1, 0.15) is 28.4 Å². The molecule has 1 atom stereocenters. The highest BCUT2D eigenvalue weighted by Crippen LogP contribution is 2.36. The number of aromatic amines is 1. The first-order valence-electron chi connectivity index (χ1n) is 10.0. The topological polar surface area (TPSA) is 62.5 Å². The first-order chi connectivity index (χ1) is 14.4. The van der Waals surface area contributed by atoms with E-state index in [2.05, 4.69) is 57.4 Å². The lowest BCUT2D eigenvalue weighted by molar-refractivity contribution is -0.361. The van der Waals surface area contributed by atoms with Gasteiger partial charge in [0.2, 0.25) is 0 Å². The van der Waals surface area contributed by atoms with E-state index in [1.807, 2.05) is 57.5 Å². The maximum atomic E-state index is 11.2. The first-order valence-corrected chi connectivity index (χ1v) is 10.0. The predicted octanol–water partition coefficient (Wildman–Crippen LogP) is 4.64. The Hall–Kier alpha value is -3.60. The molecule has 2 aromatic heterocycles. The van der Waals surface area contributed by atoms with Crippen molar-refractivity contribution in [1.82, 2.24) is 4.98 Å². The zero-order valence-corrected chi connectivity index (χ0v) is 17.8. The lowest BCUT2D eigenvalue weighted by Gasteiger charge is -2.19. The number of aryl methyl sites for hydroxylation is 2. The number of hydrogen-bond acceptors (Lipinski definition) is 4. The number of fused-ring (bicyclic) bond motifs is 1. The Bertz CT molecular complexity index is 1190. The van der Waals surface area contributed by atoms with Crippen molar-refractivity contribution in [3.8, 4) is 5.75 Å². The quantitative estimate of drug-likeness (QED) is 0.513. The van der Waals surface area contributed by atoms with Gasteiger partial charge in [-0.05, 0) is 49.7 Å². The Morgan fingerprint density at radius 3 is 2.40 bits per heavy atom. The summed E-state index contributed by atoms with van der Waals surface area (Å²) < 4.78 is 0. The summed E-state index contributed by atoms with van der Waals surface area (Å²) in [6, 6.07) is 20.1. The predicted molar refractivity (Wildman–Crippen MR) is 122 cm³/mol. The standard InChI is InChI=1S/C25H26N4O/c1-16-13-14-26-22(15-16)28-23(18-7-10-20(11-8-18)29(3)4)21-12-9-19-6-5-17(2)27-24(19)25(21)30/h5-15,23,30H,1-4H3,(H,26,28)/p+1/t23-/m1/s1. The van der Waals surface area contributed by atoms with Gasteiger partial charge in [-0.1, -0.05) is 24.3 Å². The fourth-order valence-corrected chi connectivity index (χ4v) is 3.64. The minimum atomic E-state index is -0.244. The van der Waals surface area contributed by atoms with Gasteiger partial charge >= 0.3 is 0 Å². The molecule has 0 fully saturated rings. The lowest BCUT2D eigenvalue weighted by atomic mass is 9.95. The molecule has 4 aromatic rings. The molecule has 5 heteroatoms. The number of rotatable bonds is 5. The van der Waals surface area contributed by atoms with E-state index in [1.54, 1.807) is 0 Å². The third-order valence-corrected chi connectivity index (χ3v) is 5.32. The number of phenols is 1. The zero-order chi connectivity index (χ0) is 21.3. The third kappa shape index (κ3) is 3.92. The average molecular weight is 400 g/mol. The van der Waals surface area contributed by atoms with Gasteiger partial charge in [0.15, 0.2) is 0 Å². The van der Waals surface area contributed by atoms with Gasteiger partial charge in [-0.25, -0.2) is 9.97 Å². The molecule has 2 heterocycles. The van der Waals surface area contributed by atoms with Crippen molar-refractivity contribution >= 4 is 22.4 Å². The largest absolute Gasteiger partial charge is 0.505 e. The summed E-state index contributed by atoms with van der Waals surface area (Å²) in [6.07, 6.45) is 1.91. The van der Waals surface area contributed by atoms with Crippen LogP contribution in [0.4, 0.5) is 11.5 Å². The van der Waals surface area contributed by atoms with Crippen LogP contribution in [0.5, 0.6) is 5.75 Å². The van der Waals surface area contributed by atoms with Crippen LogP contribution in [0.3, 0.4) is 0 Å². The summed E-state index contributed by atoms with van der Waals surface area (Å²) in [5, 5.41) is 15.6. The summed E-state index contributed by atoms with van der Waals surface area (Å²) in [5.74, 6) is 1.09. The fraction of sp³-hybridized carbons (Fsp3) is 0.200. The van der Waals surface area contributed by atoms with Crippen molar-refractivity contribution < 1.29 is 10.1 Å². The second kappa shape index (κ2) is 8.03. The van der Waals surface area contributed by atoms with Crippen LogP contribution >= 0.6 is 0 Å². The monoisotopic (exact) mass is 399 g/mol. The minimum Gasteiger partial charge on any atom is -0.505 e. The van der Waals surface area contributed by atoms with E-state index in [9.17, 15) is 5.11 Å². The normalized spacial score (nSPS) is 12.0. The number of anilines is 2. The van der Waals surface area contributed by atoms with Gasteiger partial charge in [-0.3, -0.25) is 5.32 Å². The average Bonchev–Trinajstić information content (AvgIpc) is 2.73. The van der Waals surface area contributed by atoms with Crippen molar-refractivity contribution in [3.05, 3.63) is 89.2 Å². The molecule has 0 amide bonds. The van der Waals surface area contributed by atoms with Gasteiger partial charge in [-0.15, -0.1) is 0 Å². The van der Waals surface area contributed by atoms with Crippen LogP contribution in [-0.2, 0) is 0 Å². The number of benzene rings is 2. The molecule has 152 valence electrons. The molecule has 0 saturated carbocycles. The van der Waals surface area contributed by atoms with Gasteiger partial charge < -0.3 is 10.0 Å². The molecule has 0 radical (unpaired) electrons. The summed E-state index contributed by atoms with van der Waals surface area (Å²) in [7, 11) is 4.05. The molecule has 0 spiro atoms. The van der Waals surface area contributed by atoms with Crippen molar-refractivity contribution in [1.29, 1.82) is 0 Å².